The van der Waals surface area contributed by atoms with E-state index in [1.807, 2.05) is 53.6 Å². The molecule has 5 rings (SSSR count). The second kappa shape index (κ2) is 16.4. The molecule has 13 heteroatoms. The van der Waals surface area contributed by atoms with Crippen LogP contribution in [0.15, 0.2) is 83.6 Å². The minimum Gasteiger partial charge on any atom is -0.465 e. The first kappa shape index (κ1) is 37.4. The molecule has 0 bridgehead atoms. The zero-order chi connectivity index (χ0) is 35.9. The predicted octanol–water partition coefficient (Wildman–Crippen LogP) is 9.23. The number of ether oxygens (including phenoxy) is 4. The van der Waals surface area contributed by atoms with Crippen LogP contribution in [0.4, 0.5) is 5.82 Å². The standard InChI is InChI=1S/C37H46BrN5O5Si2/c1-45-37(44)28-13-16-30(17-14-28)48-35-33(38)36(42(25-46-19-21-49(2,3)4)26-47-20-22-50(5,6)7)43-34(41-35)31(24-40-43)29-15-18-32(39-23-29)27-11-9-8-10-12-27/h8-18,23-24H,19-22,25-26H2,1-7H3. The number of hydrogen-bond acceptors (Lipinski definition) is 9. The molecule has 0 atom stereocenters. The summed E-state index contributed by atoms with van der Waals surface area (Å²) in [6, 6.07) is 22.9. The van der Waals surface area contributed by atoms with Crippen LogP contribution in [0.1, 0.15) is 10.4 Å². The van der Waals surface area contributed by atoms with Gasteiger partial charge in [0.2, 0.25) is 5.88 Å². The van der Waals surface area contributed by atoms with Gasteiger partial charge in [0.1, 0.15) is 23.7 Å². The van der Waals surface area contributed by atoms with E-state index < -0.39 is 22.1 Å². The summed E-state index contributed by atoms with van der Waals surface area (Å²) >= 11 is 3.82. The quantitative estimate of drug-likeness (QED) is 0.0420. The molecule has 0 fully saturated rings. The van der Waals surface area contributed by atoms with Crippen molar-refractivity contribution in [2.75, 3.05) is 38.7 Å². The van der Waals surface area contributed by atoms with Crippen molar-refractivity contribution in [2.45, 2.75) is 51.4 Å². The second-order valence-corrected chi connectivity index (χ2v) is 26.5. The Balaban J connectivity index is 1.56. The number of esters is 1. The Hall–Kier alpha value is -3.89. The number of carbonyl (C=O) groups is 1. The summed E-state index contributed by atoms with van der Waals surface area (Å²) in [7, 11) is -1.25. The van der Waals surface area contributed by atoms with E-state index in [2.05, 4.69) is 55.2 Å². The van der Waals surface area contributed by atoms with Gasteiger partial charge in [-0.1, -0.05) is 75.7 Å². The lowest BCUT2D eigenvalue weighted by atomic mass is 10.1. The first-order valence-electron chi connectivity index (χ1n) is 16.7. The van der Waals surface area contributed by atoms with Crippen molar-refractivity contribution in [1.82, 2.24) is 19.6 Å². The van der Waals surface area contributed by atoms with E-state index in [0.29, 0.717) is 46.3 Å². The minimum absolute atomic E-state index is 0.283. The summed E-state index contributed by atoms with van der Waals surface area (Å²) in [6.07, 6.45) is 3.63. The molecule has 3 heterocycles. The Morgan fingerprint density at radius 1 is 0.820 bits per heavy atom. The number of nitrogens with zero attached hydrogens (tertiary/aromatic N) is 5. The van der Waals surface area contributed by atoms with Crippen LogP contribution in [0, 0.1) is 0 Å². The fourth-order valence-corrected chi connectivity index (χ4v) is 7.07. The Bertz CT molecular complexity index is 1850. The highest BCUT2D eigenvalue weighted by Crippen LogP contribution is 2.39. The Kier molecular flexibility index (Phi) is 12.3. The maximum absolute atomic E-state index is 12.1. The van der Waals surface area contributed by atoms with Gasteiger partial charge < -0.3 is 23.8 Å². The summed E-state index contributed by atoms with van der Waals surface area (Å²) in [6.45, 7) is 15.9. The van der Waals surface area contributed by atoms with E-state index in [4.69, 9.17) is 34.0 Å². The van der Waals surface area contributed by atoms with Crippen molar-refractivity contribution in [3.05, 3.63) is 89.2 Å². The zero-order valence-electron chi connectivity index (χ0n) is 29.9. The number of rotatable bonds is 16. The molecule has 5 aromatic rings. The van der Waals surface area contributed by atoms with E-state index in [1.165, 1.54) is 7.11 Å². The smallest absolute Gasteiger partial charge is 0.337 e. The number of halogens is 1. The Labute approximate surface area is 304 Å². The molecule has 10 nitrogen and oxygen atoms in total. The zero-order valence-corrected chi connectivity index (χ0v) is 33.5. The average Bonchev–Trinajstić information content (AvgIpc) is 3.51. The van der Waals surface area contributed by atoms with Crippen molar-refractivity contribution >= 4 is 49.5 Å². The van der Waals surface area contributed by atoms with Crippen molar-refractivity contribution in [1.29, 1.82) is 0 Å². The van der Waals surface area contributed by atoms with Gasteiger partial charge in [0.15, 0.2) is 11.5 Å². The monoisotopic (exact) mass is 775 g/mol. The van der Waals surface area contributed by atoms with Crippen molar-refractivity contribution in [3.8, 4) is 34.0 Å². The number of anilines is 1. The normalized spacial score (nSPS) is 11.9. The summed E-state index contributed by atoms with van der Waals surface area (Å²) in [5.41, 5.74) is 4.56. The third-order valence-electron chi connectivity index (χ3n) is 7.96. The highest BCUT2D eigenvalue weighted by Gasteiger charge is 2.25. The molecule has 50 heavy (non-hydrogen) atoms. The van der Waals surface area contributed by atoms with Crippen LogP contribution in [0.2, 0.25) is 51.4 Å². The summed E-state index contributed by atoms with van der Waals surface area (Å²) < 4.78 is 26.2. The molecule has 0 amide bonds. The van der Waals surface area contributed by atoms with Crippen LogP contribution in [-0.4, -0.2) is 75.5 Å². The molecule has 0 aliphatic carbocycles. The first-order chi connectivity index (χ1) is 23.8. The Morgan fingerprint density at radius 2 is 1.46 bits per heavy atom. The molecule has 0 saturated heterocycles. The number of carbonyl (C=O) groups excluding carboxylic acids is 1. The van der Waals surface area contributed by atoms with Crippen molar-refractivity contribution in [3.63, 3.8) is 0 Å². The molecular weight excluding hydrogens is 731 g/mol. The first-order valence-corrected chi connectivity index (χ1v) is 24.9. The van der Waals surface area contributed by atoms with Gasteiger partial charge in [0, 0.05) is 52.2 Å². The summed E-state index contributed by atoms with van der Waals surface area (Å²) in [4.78, 5) is 23.8. The third-order valence-corrected chi connectivity index (χ3v) is 12.1. The molecule has 0 unspecified atom stereocenters. The maximum Gasteiger partial charge on any atom is 0.337 e. The number of pyridine rings is 1. The minimum atomic E-state index is -1.30. The fourth-order valence-electron chi connectivity index (χ4n) is 4.97. The number of fused-ring (bicyclic) bond motifs is 1. The topological polar surface area (TPSA) is 100 Å². The predicted molar refractivity (Wildman–Crippen MR) is 208 cm³/mol. The molecule has 0 saturated carbocycles. The fraction of sp³-hybridized carbons (Fsp3) is 0.351. The van der Waals surface area contributed by atoms with Gasteiger partial charge >= 0.3 is 5.97 Å². The van der Waals surface area contributed by atoms with E-state index in [0.717, 1.165) is 34.5 Å². The van der Waals surface area contributed by atoms with Gasteiger partial charge in [-0.2, -0.15) is 14.6 Å². The SMILES string of the molecule is COC(=O)c1ccc(Oc2nc3c(-c4ccc(-c5ccccc5)nc4)cnn3c(N(COCC[Si](C)(C)C)COCC[Si](C)(C)C)c2Br)cc1. The Morgan fingerprint density at radius 3 is 2.02 bits per heavy atom. The number of aromatic nitrogens is 4. The van der Waals surface area contributed by atoms with Crippen LogP contribution >= 0.6 is 15.9 Å². The van der Waals surface area contributed by atoms with E-state index in [9.17, 15) is 4.79 Å². The van der Waals surface area contributed by atoms with Gasteiger partial charge in [-0.3, -0.25) is 4.98 Å². The summed E-state index contributed by atoms with van der Waals surface area (Å²) in [5.74, 6) is 1.08. The van der Waals surface area contributed by atoms with Crippen LogP contribution < -0.4 is 9.64 Å². The lowest BCUT2D eigenvalue weighted by Gasteiger charge is -2.27. The lowest BCUT2D eigenvalue weighted by Crippen LogP contribution is -2.33. The molecule has 0 radical (unpaired) electrons. The molecule has 3 aromatic heterocycles. The molecule has 0 aliphatic rings. The van der Waals surface area contributed by atoms with Crippen molar-refractivity contribution < 1.29 is 23.7 Å². The van der Waals surface area contributed by atoms with Gasteiger partial charge in [-0.15, -0.1) is 0 Å². The number of benzene rings is 2. The molecule has 2 aromatic carbocycles. The molecule has 0 aliphatic heterocycles. The van der Waals surface area contributed by atoms with E-state index in [1.54, 1.807) is 35.0 Å². The van der Waals surface area contributed by atoms with Crippen LogP contribution in [0.25, 0.3) is 28.0 Å². The van der Waals surface area contributed by atoms with Gasteiger partial charge in [0.25, 0.3) is 0 Å². The van der Waals surface area contributed by atoms with E-state index in [-0.39, 0.29) is 13.5 Å². The summed E-state index contributed by atoms with van der Waals surface area (Å²) in [5, 5.41) is 4.83. The van der Waals surface area contributed by atoms with Gasteiger partial charge in [0.05, 0.1) is 24.6 Å². The molecule has 0 spiro atoms. The van der Waals surface area contributed by atoms with Gasteiger partial charge in [-0.05, 0) is 58.3 Å². The van der Waals surface area contributed by atoms with Crippen LogP contribution in [-0.2, 0) is 14.2 Å². The second-order valence-electron chi connectivity index (χ2n) is 14.5. The van der Waals surface area contributed by atoms with Gasteiger partial charge in [-0.25, -0.2) is 4.79 Å². The number of hydrogen-bond donors (Lipinski definition) is 0. The van der Waals surface area contributed by atoms with E-state index >= 15 is 0 Å². The largest absolute Gasteiger partial charge is 0.465 e. The van der Waals surface area contributed by atoms with Crippen molar-refractivity contribution in [2.24, 2.45) is 0 Å². The highest BCUT2D eigenvalue weighted by atomic mass is 79.9. The highest BCUT2D eigenvalue weighted by molar-refractivity contribution is 9.10. The molecular formula is C37H46BrN5O5Si2. The lowest BCUT2D eigenvalue weighted by molar-refractivity contribution is 0.0600. The third kappa shape index (κ3) is 9.88. The number of methoxy groups -OCH3 is 1. The maximum atomic E-state index is 12.1. The van der Waals surface area contributed by atoms with Crippen LogP contribution in [0.3, 0.4) is 0 Å². The van der Waals surface area contributed by atoms with Crippen LogP contribution in [0.5, 0.6) is 11.6 Å². The molecule has 0 N–H and O–H groups in total. The molecule has 264 valence electrons. The average molecular weight is 777 g/mol.